The number of rotatable bonds is 5. The average Bonchev–Trinajstić information content (AvgIpc) is 2.45. The standard InChI is InChI=1S/C14H11BrN2O4/c15-10-4-3-5-11(8-10)21-9-14(18)16-12-6-1-2-7-13(12)17(19)20/h1-8H,9H2,(H,16,18). The van der Waals surface area contributed by atoms with Crippen molar-refractivity contribution in [1.82, 2.24) is 0 Å². The van der Waals surface area contributed by atoms with Crippen molar-refractivity contribution in [3.05, 3.63) is 63.1 Å². The summed E-state index contributed by atoms with van der Waals surface area (Å²) in [6.45, 7) is -0.234. The molecule has 0 spiro atoms. The molecule has 2 aromatic rings. The first kappa shape index (κ1) is 15.0. The molecular weight excluding hydrogens is 340 g/mol. The Balaban J connectivity index is 1.98. The van der Waals surface area contributed by atoms with Gasteiger partial charge in [-0.3, -0.25) is 14.9 Å². The van der Waals surface area contributed by atoms with Crippen LogP contribution in [-0.2, 0) is 4.79 Å². The minimum atomic E-state index is -0.551. The van der Waals surface area contributed by atoms with Crippen molar-refractivity contribution in [1.29, 1.82) is 0 Å². The van der Waals surface area contributed by atoms with Crippen LogP contribution in [0.2, 0.25) is 0 Å². The van der Waals surface area contributed by atoms with Crippen molar-refractivity contribution < 1.29 is 14.5 Å². The van der Waals surface area contributed by atoms with Crippen molar-refractivity contribution in [2.24, 2.45) is 0 Å². The van der Waals surface area contributed by atoms with Crippen molar-refractivity contribution in [2.45, 2.75) is 0 Å². The second-order valence-corrected chi connectivity index (χ2v) is 4.98. The Labute approximate surface area is 129 Å². The summed E-state index contributed by atoms with van der Waals surface area (Å²) >= 11 is 3.29. The van der Waals surface area contributed by atoms with Crippen LogP contribution in [0, 0.1) is 10.1 Å². The van der Waals surface area contributed by atoms with Gasteiger partial charge in [0.2, 0.25) is 0 Å². The zero-order chi connectivity index (χ0) is 15.2. The van der Waals surface area contributed by atoms with E-state index in [1.807, 2.05) is 6.07 Å². The number of hydrogen-bond acceptors (Lipinski definition) is 4. The Morgan fingerprint density at radius 3 is 2.71 bits per heavy atom. The van der Waals surface area contributed by atoms with Gasteiger partial charge in [0.25, 0.3) is 11.6 Å². The number of ether oxygens (including phenoxy) is 1. The molecule has 7 heteroatoms. The molecular formula is C14H11BrN2O4. The zero-order valence-electron chi connectivity index (χ0n) is 10.8. The molecule has 1 amide bonds. The van der Waals surface area contributed by atoms with Crippen LogP contribution < -0.4 is 10.1 Å². The number of nitrogens with zero attached hydrogens (tertiary/aromatic N) is 1. The molecule has 0 aromatic heterocycles. The van der Waals surface area contributed by atoms with E-state index in [4.69, 9.17) is 4.74 Å². The molecule has 0 atom stereocenters. The van der Waals surface area contributed by atoms with Gasteiger partial charge in [0, 0.05) is 10.5 Å². The highest BCUT2D eigenvalue weighted by atomic mass is 79.9. The largest absolute Gasteiger partial charge is 0.484 e. The molecule has 2 aromatic carbocycles. The van der Waals surface area contributed by atoms with Crippen LogP contribution in [0.4, 0.5) is 11.4 Å². The number of benzene rings is 2. The Morgan fingerprint density at radius 1 is 1.24 bits per heavy atom. The fraction of sp³-hybridized carbons (Fsp3) is 0.0714. The van der Waals surface area contributed by atoms with Gasteiger partial charge in [-0.25, -0.2) is 0 Å². The van der Waals surface area contributed by atoms with Crippen molar-refractivity contribution in [3.63, 3.8) is 0 Å². The number of nitrogens with one attached hydrogen (secondary N) is 1. The molecule has 0 fully saturated rings. The van der Waals surface area contributed by atoms with Gasteiger partial charge in [0.15, 0.2) is 6.61 Å². The third-order valence-electron chi connectivity index (χ3n) is 2.54. The monoisotopic (exact) mass is 350 g/mol. The predicted molar refractivity (Wildman–Crippen MR) is 81.4 cm³/mol. The van der Waals surface area contributed by atoms with Crippen LogP contribution in [0.1, 0.15) is 0 Å². The van der Waals surface area contributed by atoms with Gasteiger partial charge < -0.3 is 10.1 Å². The van der Waals surface area contributed by atoms with Crippen molar-refractivity contribution in [3.8, 4) is 5.75 Å². The second kappa shape index (κ2) is 6.85. The normalized spacial score (nSPS) is 9.95. The van der Waals surface area contributed by atoms with E-state index >= 15 is 0 Å². The third kappa shape index (κ3) is 4.28. The topological polar surface area (TPSA) is 81.5 Å². The van der Waals surface area contributed by atoms with Gasteiger partial charge in [-0.05, 0) is 24.3 Å². The Kier molecular flexibility index (Phi) is 4.89. The predicted octanol–water partition coefficient (Wildman–Crippen LogP) is 3.37. The summed E-state index contributed by atoms with van der Waals surface area (Å²) in [5.74, 6) is 0.0614. The number of carbonyl (C=O) groups excluding carboxylic acids is 1. The van der Waals surface area contributed by atoms with Crippen LogP contribution in [0.25, 0.3) is 0 Å². The molecule has 21 heavy (non-hydrogen) atoms. The molecule has 0 heterocycles. The lowest BCUT2D eigenvalue weighted by Crippen LogP contribution is -2.20. The number of para-hydroxylation sites is 2. The molecule has 0 aliphatic carbocycles. The lowest BCUT2D eigenvalue weighted by atomic mass is 10.2. The molecule has 0 aliphatic heterocycles. The SMILES string of the molecule is O=C(COc1cccc(Br)c1)Nc1ccccc1[N+](=O)[O-]. The molecule has 0 saturated heterocycles. The second-order valence-electron chi connectivity index (χ2n) is 4.07. The fourth-order valence-corrected chi connectivity index (χ4v) is 2.01. The minimum Gasteiger partial charge on any atom is -0.484 e. The molecule has 108 valence electrons. The zero-order valence-corrected chi connectivity index (χ0v) is 12.4. The van der Waals surface area contributed by atoms with Crippen molar-refractivity contribution in [2.75, 3.05) is 11.9 Å². The molecule has 0 unspecified atom stereocenters. The van der Waals surface area contributed by atoms with Gasteiger partial charge in [-0.1, -0.05) is 34.1 Å². The Hall–Kier alpha value is -2.41. The number of halogens is 1. The lowest BCUT2D eigenvalue weighted by Gasteiger charge is -2.08. The molecule has 6 nitrogen and oxygen atoms in total. The van der Waals surface area contributed by atoms with Crippen LogP contribution in [0.5, 0.6) is 5.75 Å². The third-order valence-corrected chi connectivity index (χ3v) is 3.03. The summed E-state index contributed by atoms with van der Waals surface area (Å²) in [5, 5.41) is 13.3. The first-order chi connectivity index (χ1) is 10.1. The number of nitro benzene ring substituents is 1. The maximum absolute atomic E-state index is 11.8. The van der Waals surface area contributed by atoms with E-state index in [1.165, 1.54) is 18.2 Å². The number of carbonyl (C=O) groups is 1. The number of hydrogen-bond donors (Lipinski definition) is 1. The number of amides is 1. The summed E-state index contributed by atoms with van der Waals surface area (Å²) < 4.78 is 6.14. The summed E-state index contributed by atoms with van der Waals surface area (Å²) in [7, 11) is 0. The molecule has 2 rings (SSSR count). The Bertz CT molecular complexity index is 676. The van der Waals surface area contributed by atoms with Gasteiger partial charge in [-0.2, -0.15) is 0 Å². The van der Waals surface area contributed by atoms with Crippen LogP contribution in [0.15, 0.2) is 53.0 Å². The molecule has 0 aliphatic rings. The Morgan fingerprint density at radius 2 is 2.00 bits per heavy atom. The smallest absolute Gasteiger partial charge is 0.292 e. The number of nitro groups is 1. The van der Waals surface area contributed by atoms with Gasteiger partial charge >= 0.3 is 0 Å². The summed E-state index contributed by atoms with van der Waals surface area (Å²) in [5.41, 5.74) is -0.0151. The van der Waals surface area contributed by atoms with Crippen LogP contribution in [-0.4, -0.2) is 17.4 Å². The van der Waals surface area contributed by atoms with E-state index in [2.05, 4.69) is 21.2 Å². The van der Waals surface area contributed by atoms with Gasteiger partial charge in [-0.15, -0.1) is 0 Å². The maximum Gasteiger partial charge on any atom is 0.292 e. The first-order valence-electron chi connectivity index (χ1n) is 5.98. The van der Waals surface area contributed by atoms with Crippen molar-refractivity contribution >= 4 is 33.2 Å². The van der Waals surface area contributed by atoms with E-state index < -0.39 is 10.8 Å². The van der Waals surface area contributed by atoms with E-state index in [0.29, 0.717) is 5.75 Å². The van der Waals surface area contributed by atoms with E-state index in [-0.39, 0.29) is 18.0 Å². The summed E-state index contributed by atoms with van der Waals surface area (Å²) in [4.78, 5) is 22.1. The molecule has 0 radical (unpaired) electrons. The highest BCUT2D eigenvalue weighted by Gasteiger charge is 2.14. The summed E-state index contributed by atoms with van der Waals surface area (Å²) in [6, 6.07) is 13.0. The minimum absolute atomic E-state index is 0.144. The molecule has 0 saturated carbocycles. The first-order valence-corrected chi connectivity index (χ1v) is 6.77. The summed E-state index contributed by atoms with van der Waals surface area (Å²) in [6.07, 6.45) is 0. The number of anilines is 1. The van der Waals surface area contributed by atoms with Gasteiger partial charge in [0.05, 0.1) is 4.92 Å². The van der Waals surface area contributed by atoms with Crippen LogP contribution in [0.3, 0.4) is 0 Å². The maximum atomic E-state index is 11.8. The average molecular weight is 351 g/mol. The molecule has 0 bridgehead atoms. The fourth-order valence-electron chi connectivity index (χ4n) is 1.63. The highest BCUT2D eigenvalue weighted by molar-refractivity contribution is 9.10. The molecule has 1 N–H and O–H groups in total. The van der Waals surface area contributed by atoms with E-state index in [1.54, 1.807) is 24.3 Å². The van der Waals surface area contributed by atoms with Gasteiger partial charge in [0.1, 0.15) is 11.4 Å². The van der Waals surface area contributed by atoms with Crippen LogP contribution >= 0.6 is 15.9 Å². The lowest BCUT2D eigenvalue weighted by molar-refractivity contribution is -0.383. The highest BCUT2D eigenvalue weighted by Crippen LogP contribution is 2.23. The van der Waals surface area contributed by atoms with E-state index in [0.717, 1.165) is 4.47 Å². The van der Waals surface area contributed by atoms with E-state index in [9.17, 15) is 14.9 Å². The quantitative estimate of drug-likeness (QED) is 0.661.